The van der Waals surface area contributed by atoms with E-state index in [4.69, 9.17) is 14.2 Å². The number of cyclic esters (lactones) is 1. The maximum atomic E-state index is 12.1. The molecule has 0 spiro atoms. The summed E-state index contributed by atoms with van der Waals surface area (Å²) in [7, 11) is 0. The fourth-order valence-electron chi connectivity index (χ4n) is 2.30. The molecule has 0 aromatic heterocycles. The highest BCUT2D eigenvalue weighted by Gasteiger charge is 2.46. The molecule has 1 fully saturated rings. The molecule has 1 aliphatic heterocycles. The Bertz CT molecular complexity index is 622. The first kappa shape index (κ1) is 18.0. The van der Waals surface area contributed by atoms with Crippen LogP contribution in [0.4, 0.5) is 0 Å². The fourth-order valence-corrected chi connectivity index (χ4v) is 2.30. The molecule has 0 aliphatic carbocycles. The fraction of sp³-hybridized carbons (Fsp3) is 0.500. The summed E-state index contributed by atoms with van der Waals surface area (Å²) in [5.74, 6) is -1.61. The van der Waals surface area contributed by atoms with Crippen molar-refractivity contribution in [1.29, 1.82) is 0 Å². The molecule has 0 saturated carbocycles. The van der Waals surface area contributed by atoms with E-state index in [2.05, 4.69) is 0 Å². The highest BCUT2D eigenvalue weighted by Crippen LogP contribution is 2.35. The molecule has 6 nitrogen and oxygen atoms in total. The first-order valence-electron chi connectivity index (χ1n) is 7.89. The molecule has 2 rings (SSSR count). The van der Waals surface area contributed by atoms with E-state index in [0.717, 1.165) is 0 Å². The molecular formula is C18H22O6. The average Bonchev–Trinajstić information content (AvgIpc) is 2.95. The number of esters is 3. The zero-order valence-corrected chi connectivity index (χ0v) is 14.2. The van der Waals surface area contributed by atoms with Gasteiger partial charge in [-0.25, -0.2) is 4.79 Å². The normalized spacial score (nSPS) is 20.4. The molecule has 1 aromatic carbocycles. The second kappa shape index (κ2) is 7.03. The number of hydrogen-bond acceptors (Lipinski definition) is 6. The molecule has 0 amide bonds. The van der Waals surface area contributed by atoms with E-state index < -0.39 is 35.5 Å². The van der Waals surface area contributed by atoms with Gasteiger partial charge in [-0.1, -0.05) is 37.3 Å². The van der Waals surface area contributed by atoms with Crippen LogP contribution < -0.4 is 0 Å². The number of hydrogen-bond donors (Lipinski definition) is 0. The van der Waals surface area contributed by atoms with Crippen molar-refractivity contribution in [3.05, 3.63) is 35.9 Å². The van der Waals surface area contributed by atoms with E-state index in [-0.39, 0.29) is 13.0 Å². The first-order chi connectivity index (χ1) is 11.3. The summed E-state index contributed by atoms with van der Waals surface area (Å²) < 4.78 is 15.5. The van der Waals surface area contributed by atoms with E-state index in [9.17, 15) is 14.4 Å². The van der Waals surface area contributed by atoms with E-state index in [1.54, 1.807) is 38.1 Å². The minimum absolute atomic E-state index is 0.0456. The molecule has 24 heavy (non-hydrogen) atoms. The average molecular weight is 334 g/mol. The van der Waals surface area contributed by atoms with Crippen molar-refractivity contribution in [3.8, 4) is 0 Å². The third kappa shape index (κ3) is 3.93. The molecule has 1 aromatic rings. The number of rotatable bonds is 6. The van der Waals surface area contributed by atoms with Crippen molar-refractivity contribution in [2.75, 3.05) is 13.2 Å². The van der Waals surface area contributed by atoms with Gasteiger partial charge in [0.15, 0.2) is 12.2 Å². The minimum atomic E-state index is -1.16. The lowest BCUT2D eigenvalue weighted by molar-refractivity contribution is -0.174. The lowest BCUT2D eigenvalue weighted by Gasteiger charge is -2.27. The van der Waals surface area contributed by atoms with Crippen molar-refractivity contribution in [2.45, 2.75) is 39.2 Å². The van der Waals surface area contributed by atoms with Crippen LogP contribution in [-0.4, -0.2) is 31.1 Å². The third-order valence-corrected chi connectivity index (χ3v) is 4.26. The van der Waals surface area contributed by atoms with Crippen LogP contribution in [-0.2, 0) is 34.2 Å². The second-order valence-corrected chi connectivity index (χ2v) is 6.49. The largest absolute Gasteiger partial charge is 0.461 e. The van der Waals surface area contributed by atoms with Crippen LogP contribution >= 0.6 is 0 Å². The first-order valence-corrected chi connectivity index (χ1v) is 7.89. The maximum absolute atomic E-state index is 12.1. The molecule has 1 heterocycles. The molecule has 0 radical (unpaired) electrons. The monoisotopic (exact) mass is 334 g/mol. The summed E-state index contributed by atoms with van der Waals surface area (Å²) in [6.07, 6.45) is 0.536. The van der Waals surface area contributed by atoms with Crippen LogP contribution in [0.25, 0.3) is 0 Å². The smallest absolute Gasteiger partial charge is 0.345 e. The van der Waals surface area contributed by atoms with Crippen LogP contribution in [0, 0.1) is 5.41 Å². The van der Waals surface area contributed by atoms with E-state index in [1.165, 1.54) is 0 Å². The van der Waals surface area contributed by atoms with Gasteiger partial charge in [-0.2, -0.15) is 0 Å². The van der Waals surface area contributed by atoms with Gasteiger partial charge in [0, 0.05) is 0 Å². The van der Waals surface area contributed by atoms with Crippen LogP contribution in [0.2, 0.25) is 0 Å². The third-order valence-electron chi connectivity index (χ3n) is 4.26. The van der Waals surface area contributed by atoms with Gasteiger partial charge in [0.1, 0.15) is 6.61 Å². The van der Waals surface area contributed by atoms with Crippen molar-refractivity contribution in [2.24, 2.45) is 5.41 Å². The number of carbonyl (C=O) groups excluding carboxylic acids is 3. The summed E-state index contributed by atoms with van der Waals surface area (Å²) in [5.41, 5.74) is -1.16. The summed E-state index contributed by atoms with van der Waals surface area (Å²) in [6.45, 7) is 4.82. The van der Waals surface area contributed by atoms with Gasteiger partial charge < -0.3 is 14.2 Å². The van der Waals surface area contributed by atoms with Crippen LogP contribution in [0.3, 0.4) is 0 Å². The topological polar surface area (TPSA) is 78.9 Å². The van der Waals surface area contributed by atoms with Gasteiger partial charge in [0.2, 0.25) is 0 Å². The van der Waals surface area contributed by atoms with E-state index in [0.29, 0.717) is 12.0 Å². The molecular weight excluding hydrogens is 312 g/mol. The molecule has 1 unspecified atom stereocenters. The standard InChI is InChI=1S/C18H22O6/c1-4-17(2,3)16(21)22-11-15(20)24-18(10-14(19)23-12-18)13-8-6-5-7-9-13/h5-9H,4,10-12H2,1-3H3. The Balaban J connectivity index is 2.05. The van der Waals surface area contributed by atoms with E-state index >= 15 is 0 Å². The molecule has 1 atom stereocenters. The zero-order valence-electron chi connectivity index (χ0n) is 14.2. The van der Waals surface area contributed by atoms with Crippen molar-refractivity contribution in [3.63, 3.8) is 0 Å². The number of ether oxygens (including phenoxy) is 3. The molecule has 6 heteroatoms. The Morgan fingerprint density at radius 1 is 1.25 bits per heavy atom. The predicted molar refractivity (Wildman–Crippen MR) is 84.8 cm³/mol. The van der Waals surface area contributed by atoms with Crippen LogP contribution in [0.5, 0.6) is 0 Å². The zero-order chi connectivity index (χ0) is 17.8. The number of carbonyl (C=O) groups is 3. The highest BCUT2D eigenvalue weighted by molar-refractivity contribution is 5.81. The SMILES string of the molecule is CCC(C)(C)C(=O)OCC(=O)OC1(c2ccccc2)COC(=O)C1. The van der Waals surface area contributed by atoms with Crippen molar-refractivity contribution < 1.29 is 28.6 Å². The summed E-state index contributed by atoms with van der Waals surface area (Å²) in [4.78, 5) is 35.6. The van der Waals surface area contributed by atoms with Gasteiger partial charge in [-0.15, -0.1) is 0 Å². The summed E-state index contributed by atoms with van der Waals surface area (Å²) in [6, 6.07) is 8.93. The van der Waals surface area contributed by atoms with Gasteiger partial charge in [0.25, 0.3) is 0 Å². The second-order valence-electron chi connectivity index (χ2n) is 6.49. The maximum Gasteiger partial charge on any atom is 0.345 e. The molecule has 130 valence electrons. The quantitative estimate of drug-likeness (QED) is 0.587. The molecule has 1 aliphatic rings. The van der Waals surface area contributed by atoms with Gasteiger partial charge in [-0.05, 0) is 25.8 Å². The Hall–Kier alpha value is -2.37. The minimum Gasteiger partial charge on any atom is -0.461 e. The van der Waals surface area contributed by atoms with Gasteiger partial charge >= 0.3 is 17.9 Å². The Labute approximate surface area is 141 Å². The Morgan fingerprint density at radius 3 is 2.46 bits per heavy atom. The van der Waals surface area contributed by atoms with Crippen molar-refractivity contribution in [1.82, 2.24) is 0 Å². The van der Waals surface area contributed by atoms with Crippen molar-refractivity contribution >= 4 is 17.9 Å². The Morgan fingerprint density at radius 2 is 1.92 bits per heavy atom. The van der Waals surface area contributed by atoms with Gasteiger partial charge in [-0.3, -0.25) is 9.59 Å². The number of benzene rings is 1. The van der Waals surface area contributed by atoms with Crippen LogP contribution in [0.1, 0.15) is 39.2 Å². The predicted octanol–water partition coefficient (Wildman–Crippen LogP) is 2.35. The van der Waals surface area contributed by atoms with E-state index in [1.807, 2.05) is 13.0 Å². The lowest BCUT2D eigenvalue weighted by atomic mass is 9.91. The molecule has 1 saturated heterocycles. The van der Waals surface area contributed by atoms with Gasteiger partial charge in [0.05, 0.1) is 11.8 Å². The molecule has 0 bridgehead atoms. The lowest BCUT2D eigenvalue weighted by Crippen LogP contribution is -2.36. The summed E-state index contributed by atoms with van der Waals surface area (Å²) >= 11 is 0. The highest BCUT2D eigenvalue weighted by atomic mass is 16.6. The molecule has 0 N–H and O–H groups in total. The Kier molecular flexibility index (Phi) is 5.26. The summed E-state index contributed by atoms with van der Waals surface area (Å²) in [5, 5.41) is 0. The van der Waals surface area contributed by atoms with Crippen LogP contribution in [0.15, 0.2) is 30.3 Å².